The second-order valence-corrected chi connectivity index (χ2v) is 6.41. The molecular weight excluding hydrogens is 202 g/mol. The van der Waals surface area contributed by atoms with E-state index < -0.39 is 0 Å². The van der Waals surface area contributed by atoms with Crippen molar-refractivity contribution < 1.29 is 0 Å². The summed E-state index contributed by atoms with van der Waals surface area (Å²) in [5.74, 6) is 0. The summed E-state index contributed by atoms with van der Waals surface area (Å²) < 4.78 is 0. The molecule has 82 valence electrons. The highest BCUT2D eigenvalue weighted by molar-refractivity contribution is 7.10. The first kappa shape index (κ1) is 9.86. The van der Waals surface area contributed by atoms with Crippen molar-refractivity contribution in [2.45, 2.75) is 43.9 Å². The fourth-order valence-electron chi connectivity index (χ4n) is 3.52. The van der Waals surface area contributed by atoms with Gasteiger partial charge in [0.15, 0.2) is 0 Å². The molecule has 0 spiro atoms. The second-order valence-electron chi connectivity index (χ2n) is 5.46. The van der Waals surface area contributed by atoms with E-state index in [4.69, 9.17) is 5.73 Å². The van der Waals surface area contributed by atoms with Gasteiger partial charge in [0, 0.05) is 10.3 Å². The van der Waals surface area contributed by atoms with Crippen molar-refractivity contribution in [3.8, 4) is 0 Å². The van der Waals surface area contributed by atoms with Crippen LogP contribution in [0.1, 0.15) is 43.4 Å². The Labute approximate surface area is 95.7 Å². The van der Waals surface area contributed by atoms with Crippen molar-refractivity contribution in [1.82, 2.24) is 0 Å². The molecule has 3 fully saturated rings. The monoisotopic (exact) mass is 221 g/mol. The van der Waals surface area contributed by atoms with E-state index in [-0.39, 0.29) is 0 Å². The summed E-state index contributed by atoms with van der Waals surface area (Å²) in [5.41, 5.74) is 7.01. The summed E-state index contributed by atoms with van der Waals surface area (Å²) in [6, 6.07) is 4.54. The van der Waals surface area contributed by atoms with Gasteiger partial charge in [-0.15, -0.1) is 11.3 Å². The van der Waals surface area contributed by atoms with Gasteiger partial charge in [-0.25, -0.2) is 0 Å². The Hall–Kier alpha value is -0.340. The smallest absolute Gasteiger partial charge is 0.0107 e. The molecule has 0 saturated heterocycles. The molecule has 1 aromatic heterocycles. The van der Waals surface area contributed by atoms with Gasteiger partial charge in [0.1, 0.15) is 0 Å². The predicted octanol–water partition coefficient (Wildman–Crippen LogP) is 3.30. The number of fused-ring (bicyclic) bond motifs is 3. The molecule has 2 heteroatoms. The second kappa shape index (κ2) is 3.33. The van der Waals surface area contributed by atoms with Crippen LogP contribution in [0.5, 0.6) is 0 Å². The third-order valence-corrected chi connectivity index (χ3v) is 5.99. The zero-order valence-corrected chi connectivity index (χ0v) is 9.98. The van der Waals surface area contributed by atoms with Gasteiger partial charge in [-0.3, -0.25) is 0 Å². The van der Waals surface area contributed by atoms with Gasteiger partial charge in [0.25, 0.3) is 0 Å². The van der Waals surface area contributed by atoms with Crippen molar-refractivity contribution in [3.05, 3.63) is 22.4 Å². The molecule has 1 nitrogen and oxygen atoms in total. The highest BCUT2D eigenvalue weighted by Gasteiger charge is 2.48. The summed E-state index contributed by atoms with van der Waals surface area (Å²) in [6.07, 6.45) is 8.23. The van der Waals surface area contributed by atoms with Gasteiger partial charge in [-0.05, 0) is 61.9 Å². The maximum atomic E-state index is 5.94. The van der Waals surface area contributed by atoms with Crippen LogP contribution in [0.2, 0.25) is 0 Å². The number of rotatable bonds is 2. The molecule has 0 atom stereocenters. The highest BCUT2D eigenvalue weighted by Crippen LogP contribution is 2.57. The van der Waals surface area contributed by atoms with Crippen LogP contribution in [0.3, 0.4) is 0 Å². The molecule has 0 aliphatic heterocycles. The minimum atomic E-state index is 0.527. The number of hydrogen-bond donors (Lipinski definition) is 1. The molecule has 0 unspecified atom stereocenters. The Morgan fingerprint density at radius 3 is 2.27 bits per heavy atom. The highest BCUT2D eigenvalue weighted by atomic mass is 32.1. The van der Waals surface area contributed by atoms with Gasteiger partial charge in [0.2, 0.25) is 0 Å². The molecule has 15 heavy (non-hydrogen) atoms. The van der Waals surface area contributed by atoms with E-state index in [0.29, 0.717) is 10.8 Å². The molecule has 2 N–H and O–H groups in total. The molecule has 1 heterocycles. The maximum absolute atomic E-state index is 5.94. The zero-order valence-electron chi connectivity index (χ0n) is 9.17. The maximum Gasteiger partial charge on any atom is 0.0107 e. The lowest BCUT2D eigenvalue weighted by molar-refractivity contribution is 0.0490. The Balaban J connectivity index is 1.88. The molecular formula is C13H19NS. The quantitative estimate of drug-likeness (QED) is 0.814. The van der Waals surface area contributed by atoms with Gasteiger partial charge in [-0.2, -0.15) is 0 Å². The molecule has 0 radical (unpaired) electrons. The van der Waals surface area contributed by atoms with Crippen molar-refractivity contribution in [2.24, 2.45) is 11.1 Å². The van der Waals surface area contributed by atoms with E-state index in [0.717, 1.165) is 6.54 Å². The Morgan fingerprint density at radius 1 is 1.13 bits per heavy atom. The summed E-state index contributed by atoms with van der Waals surface area (Å²) in [6.45, 7) is 0.910. The van der Waals surface area contributed by atoms with Crippen molar-refractivity contribution in [2.75, 3.05) is 6.54 Å². The van der Waals surface area contributed by atoms with Crippen LogP contribution < -0.4 is 5.73 Å². The van der Waals surface area contributed by atoms with E-state index in [9.17, 15) is 0 Å². The number of nitrogens with two attached hydrogens (primary N) is 1. The lowest BCUT2D eigenvalue weighted by atomic mass is 9.53. The molecule has 1 aromatic rings. The van der Waals surface area contributed by atoms with Crippen LogP contribution in [-0.4, -0.2) is 6.54 Å². The van der Waals surface area contributed by atoms with E-state index in [1.165, 1.54) is 38.5 Å². The number of thiophene rings is 1. The lowest BCUT2D eigenvalue weighted by Gasteiger charge is -2.53. The van der Waals surface area contributed by atoms with Gasteiger partial charge < -0.3 is 5.73 Å². The third-order valence-electron chi connectivity index (χ3n) is 4.88. The van der Waals surface area contributed by atoms with Crippen LogP contribution in [0.4, 0.5) is 0 Å². The molecule has 0 amide bonds. The molecule has 4 rings (SSSR count). The van der Waals surface area contributed by atoms with E-state index in [1.54, 1.807) is 4.88 Å². The number of hydrogen-bond acceptors (Lipinski definition) is 2. The average molecular weight is 221 g/mol. The summed E-state index contributed by atoms with van der Waals surface area (Å²) in [5, 5.41) is 2.23. The van der Waals surface area contributed by atoms with Crippen LogP contribution >= 0.6 is 11.3 Å². The van der Waals surface area contributed by atoms with Crippen molar-refractivity contribution in [1.29, 1.82) is 0 Å². The van der Waals surface area contributed by atoms with Crippen LogP contribution in [-0.2, 0) is 5.41 Å². The van der Waals surface area contributed by atoms with Crippen LogP contribution in [0, 0.1) is 5.41 Å². The molecule has 0 aromatic carbocycles. The first-order chi connectivity index (χ1) is 7.29. The summed E-state index contributed by atoms with van der Waals surface area (Å²) in [4.78, 5) is 1.63. The van der Waals surface area contributed by atoms with E-state index in [1.807, 2.05) is 11.3 Å². The van der Waals surface area contributed by atoms with Crippen LogP contribution in [0.15, 0.2) is 17.5 Å². The third kappa shape index (κ3) is 1.38. The zero-order chi connectivity index (χ0) is 10.4. The average Bonchev–Trinajstić information content (AvgIpc) is 2.86. The van der Waals surface area contributed by atoms with E-state index >= 15 is 0 Å². The first-order valence-corrected chi connectivity index (χ1v) is 6.91. The van der Waals surface area contributed by atoms with Gasteiger partial charge in [0.05, 0.1) is 0 Å². The van der Waals surface area contributed by atoms with E-state index in [2.05, 4.69) is 17.5 Å². The summed E-state index contributed by atoms with van der Waals surface area (Å²) in [7, 11) is 0. The minimum Gasteiger partial charge on any atom is -0.330 e. The lowest BCUT2D eigenvalue weighted by Crippen LogP contribution is -2.47. The van der Waals surface area contributed by atoms with Gasteiger partial charge >= 0.3 is 0 Å². The standard InChI is InChI=1S/C13H19NS/c14-10-12-3-6-13(7-4-12,8-5-12)11-2-1-9-15-11/h1-2,9H,3-8,10,14H2. The molecule has 3 saturated carbocycles. The predicted molar refractivity (Wildman–Crippen MR) is 65.2 cm³/mol. The molecule has 3 aliphatic carbocycles. The Kier molecular flexibility index (Phi) is 2.18. The minimum absolute atomic E-state index is 0.527. The molecule has 2 bridgehead atoms. The summed E-state index contributed by atoms with van der Waals surface area (Å²) >= 11 is 1.95. The normalized spacial score (nSPS) is 39.5. The first-order valence-electron chi connectivity index (χ1n) is 6.03. The SMILES string of the molecule is NCC12CCC(c3cccs3)(CC1)CC2. The van der Waals surface area contributed by atoms with Crippen LogP contribution in [0.25, 0.3) is 0 Å². The topological polar surface area (TPSA) is 26.0 Å². The van der Waals surface area contributed by atoms with Crippen molar-refractivity contribution in [3.63, 3.8) is 0 Å². The Bertz CT molecular complexity index is 317. The fourth-order valence-corrected chi connectivity index (χ4v) is 4.54. The molecule has 3 aliphatic rings. The largest absolute Gasteiger partial charge is 0.330 e. The van der Waals surface area contributed by atoms with Gasteiger partial charge in [-0.1, -0.05) is 6.07 Å². The van der Waals surface area contributed by atoms with Crippen molar-refractivity contribution >= 4 is 11.3 Å². The fraction of sp³-hybridized carbons (Fsp3) is 0.692. The Morgan fingerprint density at radius 2 is 1.80 bits per heavy atom.